The van der Waals surface area contributed by atoms with E-state index in [0.717, 1.165) is 12.8 Å². The van der Waals surface area contributed by atoms with Gasteiger partial charge in [-0.05, 0) is 24.8 Å². The van der Waals surface area contributed by atoms with Crippen molar-refractivity contribution in [2.75, 3.05) is 19.6 Å². The van der Waals surface area contributed by atoms with Gasteiger partial charge in [0.2, 0.25) is 11.8 Å². The lowest BCUT2D eigenvalue weighted by molar-refractivity contribution is -0.134. The summed E-state index contributed by atoms with van der Waals surface area (Å²) < 4.78 is 1.90. The molecule has 1 saturated heterocycles. The van der Waals surface area contributed by atoms with Gasteiger partial charge in [-0.3, -0.25) is 14.3 Å². The van der Waals surface area contributed by atoms with Crippen LogP contribution >= 0.6 is 24.8 Å². The third kappa shape index (κ3) is 6.17. The molecule has 0 aromatic carbocycles. The van der Waals surface area contributed by atoms with Crippen LogP contribution in [-0.2, 0) is 16.6 Å². The first-order valence-corrected chi connectivity index (χ1v) is 8.19. The van der Waals surface area contributed by atoms with Gasteiger partial charge in [0.15, 0.2) is 0 Å². The largest absolute Gasteiger partial charge is 0.346 e. The van der Waals surface area contributed by atoms with Gasteiger partial charge < -0.3 is 16.0 Å². The number of carbonyl (C=O) groups is 2. The number of likely N-dealkylation sites (tertiary alicyclic amines) is 1. The number of rotatable bonds is 5. The monoisotopic (exact) mass is 393 g/mol. The smallest absolute Gasteiger partial charge is 0.241 e. The van der Waals surface area contributed by atoms with Gasteiger partial charge in [0.05, 0.1) is 12.6 Å². The van der Waals surface area contributed by atoms with Crippen LogP contribution in [0.1, 0.15) is 38.3 Å². The van der Waals surface area contributed by atoms with Crippen molar-refractivity contribution in [1.29, 1.82) is 0 Å². The molecule has 0 saturated carbocycles. The SMILES string of the molecule is CC(C)[C@H](N)C(=O)NCC(=O)N1CCC(c2ccnn2C)CC1.Cl.Cl. The molecular weight excluding hydrogens is 365 g/mol. The number of piperidine rings is 1. The normalized spacial score (nSPS) is 16.0. The number of nitrogens with two attached hydrogens (primary N) is 1. The average Bonchev–Trinajstić information content (AvgIpc) is 2.97. The maximum atomic E-state index is 12.2. The standard InChI is InChI=1S/C16H27N5O2.2ClH/c1-11(2)15(17)16(23)18-10-14(22)21-8-5-12(6-9-21)13-4-7-19-20(13)3;;/h4,7,11-12,15H,5-6,8-10,17H2,1-3H3,(H,18,23);2*1H/t15-;;/m0../s1. The second-order valence-corrected chi connectivity index (χ2v) is 6.52. The van der Waals surface area contributed by atoms with Crippen LogP contribution in [0.25, 0.3) is 0 Å². The molecule has 0 bridgehead atoms. The third-order valence-corrected chi connectivity index (χ3v) is 4.56. The number of nitrogens with one attached hydrogen (secondary N) is 1. The van der Waals surface area contributed by atoms with Crippen molar-refractivity contribution in [3.05, 3.63) is 18.0 Å². The Hall–Kier alpha value is -1.31. The minimum Gasteiger partial charge on any atom is -0.346 e. The second-order valence-electron chi connectivity index (χ2n) is 6.52. The number of hydrogen-bond acceptors (Lipinski definition) is 4. The molecule has 1 atom stereocenters. The maximum Gasteiger partial charge on any atom is 0.241 e. The zero-order chi connectivity index (χ0) is 17.0. The molecule has 7 nitrogen and oxygen atoms in total. The molecule has 2 amide bonds. The van der Waals surface area contributed by atoms with E-state index in [0.29, 0.717) is 19.0 Å². The van der Waals surface area contributed by atoms with Crippen LogP contribution in [0.5, 0.6) is 0 Å². The Morgan fingerprint density at radius 2 is 1.92 bits per heavy atom. The Bertz CT molecular complexity index is 556. The Kier molecular flexibility index (Phi) is 10.1. The highest BCUT2D eigenvalue weighted by Crippen LogP contribution is 2.27. The number of amides is 2. The van der Waals surface area contributed by atoms with E-state index in [9.17, 15) is 9.59 Å². The summed E-state index contributed by atoms with van der Waals surface area (Å²) in [5.41, 5.74) is 6.98. The first kappa shape index (κ1) is 23.7. The van der Waals surface area contributed by atoms with Gasteiger partial charge in [-0.1, -0.05) is 13.8 Å². The van der Waals surface area contributed by atoms with Gasteiger partial charge in [0.25, 0.3) is 0 Å². The summed E-state index contributed by atoms with van der Waals surface area (Å²) in [5.74, 6) is 0.186. The molecule has 1 aliphatic heterocycles. The second kappa shape index (κ2) is 10.6. The highest BCUT2D eigenvalue weighted by atomic mass is 35.5. The van der Waals surface area contributed by atoms with Crippen LogP contribution in [0, 0.1) is 5.92 Å². The zero-order valence-electron chi connectivity index (χ0n) is 15.0. The highest BCUT2D eigenvalue weighted by molar-refractivity contribution is 5.87. The molecule has 0 radical (unpaired) electrons. The van der Waals surface area contributed by atoms with Gasteiger partial charge in [0.1, 0.15) is 0 Å². The van der Waals surface area contributed by atoms with Crippen LogP contribution in [0.2, 0.25) is 0 Å². The zero-order valence-corrected chi connectivity index (χ0v) is 16.6. The molecule has 1 aromatic heterocycles. The molecule has 25 heavy (non-hydrogen) atoms. The average molecular weight is 394 g/mol. The predicted octanol–water partition coefficient (Wildman–Crippen LogP) is 1.07. The van der Waals surface area contributed by atoms with E-state index >= 15 is 0 Å². The van der Waals surface area contributed by atoms with Crippen LogP contribution < -0.4 is 11.1 Å². The quantitative estimate of drug-likeness (QED) is 0.781. The Labute approximate surface area is 161 Å². The number of halogens is 2. The summed E-state index contributed by atoms with van der Waals surface area (Å²) in [5, 5.41) is 6.84. The van der Waals surface area contributed by atoms with E-state index in [1.807, 2.05) is 36.5 Å². The summed E-state index contributed by atoms with van der Waals surface area (Å²) in [6.07, 6.45) is 3.65. The molecule has 144 valence electrons. The van der Waals surface area contributed by atoms with Crippen LogP contribution in [0.4, 0.5) is 0 Å². The molecule has 1 aromatic rings. The minimum absolute atomic E-state index is 0. The van der Waals surface area contributed by atoms with Crippen molar-refractivity contribution in [3.63, 3.8) is 0 Å². The number of hydrogen-bond donors (Lipinski definition) is 2. The van der Waals surface area contributed by atoms with Crippen LogP contribution in [0.15, 0.2) is 12.3 Å². The summed E-state index contributed by atoms with van der Waals surface area (Å²) in [6.45, 7) is 5.21. The summed E-state index contributed by atoms with van der Waals surface area (Å²) >= 11 is 0. The molecule has 0 aliphatic carbocycles. The van der Waals surface area contributed by atoms with Crippen molar-refractivity contribution in [2.45, 2.75) is 38.6 Å². The van der Waals surface area contributed by atoms with Crippen LogP contribution in [0.3, 0.4) is 0 Å². The van der Waals surface area contributed by atoms with Gasteiger partial charge in [-0.2, -0.15) is 5.10 Å². The Morgan fingerprint density at radius 3 is 2.40 bits per heavy atom. The van der Waals surface area contributed by atoms with Gasteiger partial charge in [-0.15, -0.1) is 24.8 Å². The van der Waals surface area contributed by atoms with E-state index in [1.54, 1.807) is 6.20 Å². The fraction of sp³-hybridized carbons (Fsp3) is 0.688. The number of carbonyl (C=O) groups excluding carboxylic acids is 2. The van der Waals surface area contributed by atoms with E-state index in [1.165, 1.54) is 5.69 Å². The van der Waals surface area contributed by atoms with Gasteiger partial charge >= 0.3 is 0 Å². The molecule has 9 heteroatoms. The lowest BCUT2D eigenvalue weighted by Gasteiger charge is -2.32. The Balaban J connectivity index is 0.00000288. The van der Waals surface area contributed by atoms with Crippen molar-refractivity contribution in [2.24, 2.45) is 18.7 Å². The van der Waals surface area contributed by atoms with Crippen molar-refractivity contribution in [1.82, 2.24) is 20.0 Å². The molecule has 1 fully saturated rings. The number of aryl methyl sites for hydroxylation is 1. The fourth-order valence-corrected chi connectivity index (χ4v) is 2.90. The summed E-state index contributed by atoms with van der Waals surface area (Å²) in [6, 6.07) is 1.47. The molecule has 2 rings (SSSR count). The summed E-state index contributed by atoms with van der Waals surface area (Å²) in [7, 11) is 1.94. The predicted molar refractivity (Wildman–Crippen MR) is 102 cm³/mol. The number of aromatic nitrogens is 2. The molecule has 1 aliphatic rings. The minimum atomic E-state index is -0.571. The van der Waals surface area contributed by atoms with E-state index < -0.39 is 6.04 Å². The number of nitrogens with zero attached hydrogens (tertiary/aromatic N) is 3. The molecule has 2 heterocycles. The third-order valence-electron chi connectivity index (χ3n) is 4.56. The van der Waals surface area contributed by atoms with E-state index in [4.69, 9.17) is 5.73 Å². The van der Waals surface area contributed by atoms with Crippen LogP contribution in [-0.4, -0.2) is 52.2 Å². The Morgan fingerprint density at radius 1 is 1.32 bits per heavy atom. The lowest BCUT2D eigenvalue weighted by atomic mass is 9.93. The van der Waals surface area contributed by atoms with Crippen molar-refractivity contribution in [3.8, 4) is 0 Å². The topological polar surface area (TPSA) is 93.2 Å². The molecule has 0 unspecified atom stereocenters. The van der Waals surface area contributed by atoms with E-state index in [-0.39, 0.29) is 49.1 Å². The maximum absolute atomic E-state index is 12.2. The summed E-state index contributed by atoms with van der Waals surface area (Å²) in [4.78, 5) is 25.8. The fourth-order valence-electron chi connectivity index (χ4n) is 2.90. The lowest BCUT2D eigenvalue weighted by Crippen LogP contribution is -2.49. The molecular formula is C16H29Cl2N5O2. The van der Waals surface area contributed by atoms with Gasteiger partial charge in [0, 0.05) is 37.9 Å². The van der Waals surface area contributed by atoms with Crippen molar-refractivity contribution >= 4 is 36.6 Å². The molecule has 0 spiro atoms. The highest BCUT2D eigenvalue weighted by Gasteiger charge is 2.26. The van der Waals surface area contributed by atoms with Crippen molar-refractivity contribution < 1.29 is 9.59 Å². The van der Waals surface area contributed by atoms with E-state index in [2.05, 4.69) is 10.4 Å². The van der Waals surface area contributed by atoms with Gasteiger partial charge in [-0.25, -0.2) is 0 Å². The first-order chi connectivity index (χ1) is 10.9. The first-order valence-electron chi connectivity index (χ1n) is 8.19. The molecule has 3 N–H and O–H groups in total.